The largest absolute Gasteiger partial charge is 0.493 e. The lowest BCUT2D eigenvalue weighted by atomic mass is 9.96. The van der Waals surface area contributed by atoms with Gasteiger partial charge in [0.15, 0.2) is 0 Å². The molecular weight excluding hydrogens is 473 g/mol. The quantitative estimate of drug-likeness (QED) is 0.561. The molecule has 5 rings (SSSR count). The van der Waals surface area contributed by atoms with E-state index in [1.807, 2.05) is 6.07 Å². The predicted molar refractivity (Wildman–Crippen MR) is 130 cm³/mol. The van der Waals surface area contributed by atoms with Gasteiger partial charge in [0.2, 0.25) is 11.8 Å². The number of nitrogens with zero attached hydrogens (tertiary/aromatic N) is 1. The van der Waals surface area contributed by atoms with Crippen molar-refractivity contribution in [3.05, 3.63) is 59.2 Å². The van der Waals surface area contributed by atoms with Crippen LogP contribution in [-0.2, 0) is 22.2 Å². The molecule has 0 aliphatic carbocycles. The minimum Gasteiger partial charge on any atom is -0.493 e. The third-order valence-electron chi connectivity index (χ3n) is 6.75. The Morgan fingerprint density at radius 1 is 1.14 bits per heavy atom. The van der Waals surface area contributed by atoms with Crippen molar-refractivity contribution in [2.45, 2.75) is 31.5 Å². The van der Waals surface area contributed by atoms with Gasteiger partial charge in [-0.3, -0.25) is 14.5 Å². The van der Waals surface area contributed by atoms with E-state index in [0.29, 0.717) is 41.8 Å². The molecule has 0 saturated carbocycles. The second-order valence-electron chi connectivity index (χ2n) is 9.19. The van der Waals surface area contributed by atoms with Crippen molar-refractivity contribution in [1.82, 2.24) is 10.2 Å². The monoisotopic (exact) mass is 500 g/mol. The lowest BCUT2D eigenvalue weighted by Crippen LogP contribution is -2.54. The maximum absolute atomic E-state index is 13.1. The number of carbonyl (C=O) groups excluding carboxylic acids is 2. The van der Waals surface area contributed by atoms with Gasteiger partial charge in [0.05, 0.1) is 18.2 Å². The Kier molecular flexibility index (Phi) is 6.72. The van der Waals surface area contributed by atoms with Crippen LogP contribution in [0.2, 0.25) is 0 Å². The lowest BCUT2D eigenvalue weighted by Gasteiger charge is -2.36. The van der Waals surface area contributed by atoms with Crippen molar-refractivity contribution in [2.24, 2.45) is 0 Å². The standard InChI is InChI=1S/C26H27F3N4O3/c27-26(28,29)18-4-6-20-16(2-1-11-36-23(20)14-18)13-24(34)31-19-5-3-17-12-22(25(35)32-21(17)15-19)33-9-7-30-8-10-33/h3-6,13-15,22,30H,1-2,7-12H2,(H,31,34)(H,32,35). The molecule has 3 aliphatic rings. The van der Waals surface area contributed by atoms with Crippen LogP contribution in [0.5, 0.6) is 5.75 Å². The van der Waals surface area contributed by atoms with Crippen molar-refractivity contribution in [1.29, 1.82) is 0 Å². The molecule has 190 valence electrons. The van der Waals surface area contributed by atoms with Crippen LogP contribution in [0.1, 0.15) is 29.5 Å². The summed E-state index contributed by atoms with van der Waals surface area (Å²) in [5.41, 5.74) is 2.50. The number of piperazine rings is 1. The van der Waals surface area contributed by atoms with E-state index in [0.717, 1.165) is 43.9 Å². The molecule has 0 aromatic heterocycles. The molecule has 0 radical (unpaired) electrons. The number of carbonyl (C=O) groups is 2. The van der Waals surface area contributed by atoms with Crippen molar-refractivity contribution in [3.8, 4) is 5.75 Å². The average molecular weight is 501 g/mol. The SMILES string of the molecule is O=C(C=C1CCCOc2cc(C(F)(F)F)ccc21)Nc1ccc2c(c1)NC(=O)C(N1CCNCC1)C2. The summed E-state index contributed by atoms with van der Waals surface area (Å²) < 4.78 is 44.8. The molecule has 0 bridgehead atoms. The molecule has 1 fully saturated rings. The topological polar surface area (TPSA) is 82.7 Å². The van der Waals surface area contributed by atoms with E-state index in [-0.39, 0.29) is 24.3 Å². The fraction of sp³-hybridized carbons (Fsp3) is 0.385. The molecule has 3 N–H and O–H groups in total. The number of nitrogens with one attached hydrogen (secondary N) is 3. The van der Waals surface area contributed by atoms with Crippen molar-refractivity contribution < 1.29 is 27.5 Å². The van der Waals surface area contributed by atoms with E-state index in [4.69, 9.17) is 4.74 Å². The second kappa shape index (κ2) is 9.94. The molecule has 2 amide bonds. The summed E-state index contributed by atoms with van der Waals surface area (Å²) in [5, 5.41) is 9.06. The Labute approximate surface area is 206 Å². The van der Waals surface area contributed by atoms with Crippen LogP contribution in [0.3, 0.4) is 0 Å². The Bertz CT molecular complexity index is 1210. The third-order valence-corrected chi connectivity index (χ3v) is 6.75. The molecule has 2 aromatic carbocycles. The number of hydrogen-bond donors (Lipinski definition) is 3. The van der Waals surface area contributed by atoms with Gasteiger partial charge in [-0.1, -0.05) is 12.1 Å². The van der Waals surface area contributed by atoms with Crippen molar-refractivity contribution in [2.75, 3.05) is 43.4 Å². The van der Waals surface area contributed by atoms with E-state index in [9.17, 15) is 22.8 Å². The number of alkyl halides is 3. The zero-order valence-corrected chi connectivity index (χ0v) is 19.6. The summed E-state index contributed by atoms with van der Waals surface area (Å²) in [6, 6.07) is 8.55. The first-order valence-corrected chi connectivity index (χ1v) is 12.0. The van der Waals surface area contributed by atoms with Crippen molar-refractivity contribution >= 4 is 28.8 Å². The zero-order chi connectivity index (χ0) is 25.3. The summed E-state index contributed by atoms with van der Waals surface area (Å²) in [5.74, 6) is -0.335. The maximum atomic E-state index is 13.1. The molecule has 1 atom stereocenters. The summed E-state index contributed by atoms with van der Waals surface area (Å²) >= 11 is 0. The van der Waals surface area contributed by atoms with Crippen LogP contribution in [0.4, 0.5) is 24.5 Å². The van der Waals surface area contributed by atoms with Gasteiger partial charge in [0.1, 0.15) is 5.75 Å². The molecule has 1 unspecified atom stereocenters. The number of benzene rings is 2. The molecule has 3 heterocycles. The highest BCUT2D eigenvalue weighted by molar-refractivity contribution is 6.05. The highest BCUT2D eigenvalue weighted by atomic mass is 19.4. The minimum atomic E-state index is -4.47. The number of hydrogen-bond acceptors (Lipinski definition) is 5. The summed E-state index contributed by atoms with van der Waals surface area (Å²) in [7, 11) is 0. The van der Waals surface area contributed by atoms with Gasteiger partial charge < -0.3 is 20.7 Å². The summed E-state index contributed by atoms with van der Waals surface area (Å²) in [6.45, 7) is 3.63. The van der Waals surface area contributed by atoms with E-state index in [1.165, 1.54) is 12.1 Å². The summed E-state index contributed by atoms with van der Waals surface area (Å²) in [6.07, 6.45) is -1.39. The van der Waals surface area contributed by atoms with Crippen LogP contribution in [0.15, 0.2) is 42.5 Å². The van der Waals surface area contributed by atoms with Gasteiger partial charge in [-0.15, -0.1) is 0 Å². The Morgan fingerprint density at radius 3 is 2.72 bits per heavy atom. The number of fused-ring (bicyclic) bond motifs is 2. The molecule has 1 saturated heterocycles. The highest BCUT2D eigenvalue weighted by Crippen LogP contribution is 2.38. The molecule has 3 aliphatic heterocycles. The second-order valence-corrected chi connectivity index (χ2v) is 9.19. The van der Waals surface area contributed by atoms with Gasteiger partial charge in [-0.2, -0.15) is 13.2 Å². The van der Waals surface area contributed by atoms with E-state index < -0.39 is 17.6 Å². The number of halogens is 3. The van der Waals surface area contributed by atoms with Crippen LogP contribution in [-0.4, -0.2) is 55.5 Å². The Hall–Kier alpha value is -3.37. The van der Waals surface area contributed by atoms with Crippen LogP contribution in [0.25, 0.3) is 5.57 Å². The number of anilines is 2. The first-order chi connectivity index (χ1) is 17.3. The van der Waals surface area contributed by atoms with Crippen LogP contribution >= 0.6 is 0 Å². The van der Waals surface area contributed by atoms with Gasteiger partial charge >= 0.3 is 6.18 Å². The van der Waals surface area contributed by atoms with Crippen molar-refractivity contribution in [3.63, 3.8) is 0 Å². The predicted octanol–water partition coefficient (Wildman–Crippen LogP) is 3.67. The van der Waals surface area contributed by atoms with Gasteiger partial charge in [0, 0.05) is 49.2 Å². The Morgan fingerprint density at radius 2 is 1.94 bits per heavy atom. The molecule has 0 spiro atoms. The zero-order valence-electron chi connectivity index (χ0n) is 19.6. The van der Waals surface area contributed by atoms with Crippen LogP contribution in [0, 0.1) is 0 Å². The normalized spacial score (nSPS) is 21.6. The number of amides is 2. The maximum Gasteiger partial charge on any atom is 0.416 e. The fourth-order valence-electron chi connectivity index (χ4n) is 4.90. The molecular formula is C26H27F3N4O3. The van der Waals surface area contributed by atoms with E-state index in [2.05, 4.69) is 20.9 Å². The fourth-order valence-corrected chi connectivity index (χ4v) is 4.90. The molecule has 36 heavy (non-hydrogen) atoms. The molecule has 2 aromatic rings. The van der Waals surface area contributed by atoms with Gasteiger partial charge in [0.25, 0.3) is 0 Å². The number of ether oxygens (including phenoxy) is 1. The average Bonchev–Trinajstić information content (AvgIpc) is 3.05. The summed E-state index contributed by atoms with van der Waals surface area (Å²) in [4.78, 5) is 27.7. The smallest absolute Gasteiger partial charge is 0.416 e. The molecule has 7 nitrogen and oxygen atoms in total. The first kappa shape index (κ1) is 24.3. The Balaban J connectivity index is 1.31. The lowest BCUT2D eigenvalue weighted by molar-refractivity contribution is -0.137. The van der Waals surface area contributed by atoms with E-state index >= 15 is 0 Å². The minimum absolute atomic E-state index is 0.0525. The first-order valence-electron chi connectivity index (χ1n) is 12.0. The van der Waals surface area contributed by atoms with E-state index in [1.54, 1.807) is 12.1 Å². The van der Waals surface area contributed by atoms with Crippen LogP contribution < -0.4 is 20.7 Å². The third kappa shape index (κ3) is 5.24. The van der Waals surface area contributed by atoms with Gasteiger partial charge in [-0.05, 0) is 54.7 Å². The molecule has 10 heteroatoms. The number of allylic oxidation sites excluding steroid dienone is 1. The van der Waals surface area contributed by atoms with Gasteiger partial charge in [-0.25, -0.2) is 0 Å². The number of rotatable bonds is 3. The highest BCUT2D eigenvalue weighted by Gasteiger charge is 2.33.